The van der Waals surface area contributed by atoms with E-state index in [1.807, 2.05) is 0 Å². The first kappa shape index (κ1) is 22.7. The summed E-state index contributed by atoms with van der Waals surface area (Å²) >= 11 is 0. The van der Waals surface area contributed by atoms with Crippen molar-refractivity contribution in [1.29, 1.82) is 0 Å². The summed E-state index contributed by atoms with van der Waals surface area (Å²) in [5.74, 6) is 0. The van der Waals surface area contributed by atoms with Gasteiger partial charge in [-0.15, -0.1) is 0 Å². The van der Waals surface area contributed by atoms with Gasteiger partial charge in [-0.2, -0.15) is 0 Å². The van der Waals surface area contributed by atoms with Crippen molar-refractivity contribution in [3.63, 3.8) is 0 Å². The molecule has 0 atom stereocenters. The molecule has 0 aliphatic heterocycles. The van der Waals surface area contributed by atoms with Gasteiger partial charge < -0.3 is 0 Å². The van der Waals surface area contributed by atoms with Gasteiger partial charge in [0.15, 0.2) is 14.7 Å². The molecule has 0 saturated heterocycles. The van der Waals surface area contributed by atoms with Crippen LogP contribution in [0.5, 0.6) is 0 Å². The number of rotatable bonds is 3. The second-order valence-electron chi connectivity index (χ2n) is 10.6. The summed E-state index contributed by atoms with van der Waals surface area (Å²) in [5.41, 5.74) is 7.21. The monoisotopic (exact) mass is 417 g/mol. The first-order chi connectivity index (χ1) is 13.9. The van der Waals surface area contributed by atoms with E-state index in [9.17, 15) is 0 Å². The number of hydrogen-bond acceptors (Lipinski definition) is 0. The maximum atomic E-state index is 2.35. The SMILES string of the molecule is Cc1cc(C)c([S+](c2ccc(C(C)(C)C)cc2)c2ccc(C(C)(C)C)cc2)c(C)c1. The minimum absolute atomic E-state index is 0.116. The molecule has 0 amide bonds. The Kier molecular flexibility index (Phi) is 6.25. The van der Waals surface area contributed by atoms with Crippen LogP contribution in [0, 0.1) is 20.8 Å². The zero-order valence-corrected chi connectivity index (χ0v) is 21.0. The number of hydrogen-bond donors (Lipinski definition) is 0. The van der Waals surface area contributed by atoms with Crippen LogP contribution in [0.15, 0.2) is 75.4 Å². The summed E-state index contributed by atoms with van der Waals surface area (Å²) in [4.78, 5) is 4.25. The molecular formula is C29H37S+. The van der Waals surface area contributed by atoms with Crippen molar-refractivity contribution in [1.82, 2.24) is 0 Å². The van der Waals surface area contributed by atoms with Gasteiger partial charge in [0.2, 0.25) is 0 Å². The van der Waals surface area contributed by atoms with Crippen molar-refractivity contribution in [2.24, 2.45) is 0 Å². The topological polar surface area (TPSA) is 0 Å². The first-order valence-electron chi connectivity index (χ1n) is 10.9. The van der Waals surface area contributed by atoms with Gasteiger partial charge in [0.25, 0.3) is 0 Å². The third-order valence-corrected chi connectivity index (χ3v) is 8.26. The minimum atomic E-state index is -0.116. The van der Waals surface area contributed by atoms with Gasteiger partial charge >= 0.3 is 0 Å². The largest absolute Gasteiger partial charge is 0.172 e. The van der Waals surface area contributed by atoms with E-state index in [1.165, 1.54) is 42.5 Å². The molecule has 3 aromatic carbocycles. The number of benzene rings is 3. The normalized spacial score (nSPS) is 12.5. The molecule has 0 heterocycles. The zero-order valence-electron chi connectivity index (χ0n) is 20.2. The lowest BCUT2D eigenvalue weighted by molar-refractivity contribution is 0.589. The molecule has 0 aliphatic carbocycles. The second kappa shape index (κ2) is 8.27. The van der Waals surface area contributed by atoms with Crippen LogP contribution in [0.2, 0.25) is 0 Å². The lowest BCUT2D eigenvalue weighted by Gasteiger charge is -2.20. The van der Waals surface area contributed by atoms with E-state index in [0.29, 0.717) is 0 Å². The van der Waals surface area contributed by atoms with E-state index in [2.05, 4.69) is 123 Å². The van der Waals surface area contributed by atoms with Gasteiger partial charge in [0, 0.05) is 11.1 Å². The third kappa shape index (κ3) is 4.83. The summed E-state index contributed by atoms with van der Waals surface area (Å²) in [7, 11) is -0.116. The third-order valence-electron chi connectivity index (χ3n) is 5.72. The Balaban J connectivity index is 2.18. The fourth-order valence-electron chi connectivity index (χ4n) is 4.04. The van der Waals surface area contributed by atoms with Gasteiger partial charge in [-0.05, 0) is 67.0 Å². The molecule has 0 aromatic heterocycles. The summed E-state index contributed by atoms with van der Waals surface area (Å²) in [6.07, 6.45) is 0. The smallest absolute Gasteiger partial charge is 0.0561 e. The number of aryl methyl sites for hydroxylation is 3. The molecule has 0 N–H and O–H groups in total. The first-order valence-corrected chi connectivity index (χ1v) is 12.1. The summed E-state index contributed by atoms with van der Waals surface area (Å²) in [6.45, 7) is 20.4. The lowest BCUT2D eigenvalue weighted by Crippen LogP contribution is -2.14. The van der Waals surface area contributed by atoms with E-state index >= 15 is 0 Å². The van der Waals surface area contributed by atoms with Crippen LogP contribution >= 0.6 is 0 Å². The quantitative estimate of drug-likeness (QED) is 0.376. The molecule has 0 nitrogen and oxygen atoms in total. The van der Waals surface area contributed by atoms with Crippen molar-refractivity contribution >= 4 is 10.9 Å². The van der Waals surface area contributed by atoms with Crippen LogP contribution in [0.1, 0.15) is 69.4 Å². The molecule has 0 bridgehead atoms. The van der Waals surface area contributed by atoms with Crippen LogP contribution in [-0.4, -0.2) is 0 Å². The maximum Gasteiger partial charge on any atom is 0.172 e. The van der Waals surface area contributed by atoms with Gasteiger partial charge in [-0.1, -0.05) is 83.5 Å². The molecule has 158 valence electrons. The van der Waals surface area contributed by atoms with E-state index < -0.39 is 0 Å². The van der Waals surface area contributed by atoms with Crippen LogP contribution in [-0.2, 0) is 21.7 Å². The van der Waals surface area contributed by atoms with E-state index in [0.717, 1.165) is 0 Å². The molecule has 0 aliphatic rings. The molecular weight excluding hydrogens is 380 g/mol. The Morgan fingerprint density at radius 3 is 1.17 bits per heavy atom. The van der Waals surface area contributed by atoms with Crippen molar-refractivity contribution in [2.75, 3.05) is 0 Å². The maximum absolute atomic E-state index is 2.35. The highest BCUT2D eigenvalue weighted by Gasteiger charge is 2.33. The fraction of sp³-hybridized carbons (Fsp3) is 0.379. The molecule has 0 spiro atoms. The van der Waals surface area contributed by atoms with Crippen LogP contribution in [0.25, 0.3) is 0 Å². The van der Waals surface area contributed by atoms with Gasteiger partial charge in [0.05, 0.1) is 10.9 Å². The summed E-state index contributed by atoms with van der Waals surface area (Å²) in [5, 5.41) is 0. The van der Waals surface area contributed by atoms with Crippen molar-refractivity contribution in [3.8, 4) is 0 Å². The Morgan fingerprint density at radius 2 is 0.867 bits per heavy atom. The Labute approximate surface area is 187 Å². The van der Waals surface area contributed by atoms with E-state index in [4.69, 9.17) is 0 Å². The standard InChI is InChI=1S/C29H37S/c1-20-18-21(2)27(22(3)19-20)30(25-14-10-23(11-15-25)28(4,5)6)26-16-12-24(13-17-26)29(7,8)9/h10-19H,1-9H3/q+1. The lowest BCUT2D eigenvalue weighted by atomic mass is 9.87. The van der Waals surface area contributed by atoms with Crippen molar-refractivity contribution in [2.45, 2.75) is 87.8 Å². The van der Waals surface area contributed by atoms with Gasteiger partial charge in [-0.3, -0.25) is 0 Å². The molecule has 3 aromatic rings. The minimum Gasteiger partial charge on any atom is -0.0561 e. The van der Waals surface area contributed by atoms with Gasteiger partial charge in [-0.25, -0.2) is 0 Å². The Hall–Kier alpha value is -1.99. The van der Waals surface area contributed by atoms with Crippen LogP contribution in [0.3, 0.4) is 0 Å². The average Bonchev–Trinajstić information content (AvgIpc) is 2.63. The predicted octanol–water partition coefficient (Wildman–Crippen LogP) is 8.30. The van der Waals surface area contributed by atoms with Crippen molar-refractivity contribution in [3.05, 3.63) is 88.5 Å². The van der Waals surface area contributed by atoms with Crippen LogP contribution < -0.4 is 0 Å². The molecule has 1 heteroatoms. The molecule has 30 heavy (non-hydrogen) atoms. The molecule has 0 fully saturated rings. The summed E-state index contributed by atoms with van der Waals surface area (Å²) in [6, 6.07) is 23.3. The highest BCUT2D eigenvalue weighted by Crippen LogP contribution is 2.37. The van der Waals surface area contributed by atoms with Gasteiger partial charge in [0.1, 0.15) is 0 Å². The molecule has 0 unspecified atom stereocenters. The van der Waals surface area contributed by atoms with Crippen LogP contribution in [0.4, 0.5) is 0 Å². The van der Waals surface area contributed by atoms with E-state index in [1.54, 1.807) is 0 Å². The Bertz CT molecular complexity index is 929. The van der Waals surface area contributed by atoms with Crippen molar-refractivity contribution < 1.29 is 0 Å². The molecule has 3 rings (SSSR count). The predicted molar refractivity (Wildman–Crippen MR) is 133 cm³/mol. The highest BCUT2D eigenvalue weighted by molar-refractivity contribution is 7.97. The van der Waals surface area contributed by atoms with E-state index in [-0.39, 0.29) is 21.7 Å². The fourth-order valence-corrected chi connectivity index (χ4v) is 6.36. The molecule has 0 radical (unpaired) electrons. The summed E-state index contributed by atoms with van der Waals surface area (Å²) < 4.78 is 0. The zero-order chi connectivity index (χ0) is 22.3. The highest BCUT2D eigenvalue weighted by atomic mass is 32.2. The Morgan fingerprint density at radius 1 is 0.533 bits per heavy atom. The average molecular weight is 418 g/mol. The molecule has 0 saturated carbocycles. The second-order valence-corrected chi connectivity index (χ2v) is 12.5.